The van der Waals surface area contributed by atoms with E-state index in [1.165, 1.54) is 25.3 Å². The number of rotatable bonds is 4. The zero-order valence-corrected chi connectivity index (χ0v) is 18.4. The lowest BCUT2D eigenvalue weighted by atomic mass is 10.1. The number of esters is 1. The quantitative estimate of drug-likeness (QED) is 0.383. The first kappa shape index (κ1) is 21.4. The Morgan fingerprint density at radius 3 is 2.69 bits per heavy atom. The van der Waals surface area contributed by atoms with E-state index in [9.17, 15) is 14.0 Å². The average Bonchev–Trinajstić information content (AvgIpc) is 3.13. The van der Waals surface area contributed by atoms with Crippen LogP contribution in [0.5, 0.6) is 11.5 Å². The Morgan fingerprint density at radius 1 is 1.28 bits per heavy atom. The van der Waals surface area contributed by atoms with Crippen molar-refractivity contribution < 1.29 is 28.3 Å². The molecule has 2 aliphatic heterocycles. The maximum Gasteiger partial charge on any atom is 0.343 e. The number of hydrogen-bond donors (Lipinski definition) is 1. The summed E-state index contributed by atoms with van der Waals surface area (Å²) in [7, 11) is 1.39. The number of carbonyl (C=O) groups excluding carboxylic acids is 2. The third kappa shape index (κ3) is 4.04. The Balaban J connectivity index is 1.64. The molecule has 10 heteroatoms. The van der Waals surface area contributed by atoms with E-state index in [0.29, 0.717) is 15.8 Å². The van der Waals surface area contributed by atoms with Gasteiger partial charge in [0.1, 0.15) is 11.6 Å². The fraction of sp³-hybridized carbons (Fsp3) is 0.0909. The van der Waals surface area contributed by atoms with Gasteiger partial charge in [-0.1, -0.05) is 0 Å². The predicted octanol–water partition coefficient (Wildman–Crippen LogP) is 4.27. The first-order valence-corrected chi connectivity index (χ1v) is 10.0. The Morgan fingerprint density at radius 2 is 2.00 bits per heavy atom. The molecule has 2 heterocycles. The maximum atomic E-state index is 13.1. The molecule has 0 unspecified atom stereocenters. The van der Waals surface area contributed by atoms with Crippen LogP contribution in [0.15, 0.2) is 63.3 Å². The van der Waals surface area contributed by atoms with Gasteiger partial charge in [0.15, 0.2) is 23.2 Å². The van der Waals surface area contributed by atoms with Crippen LogP contribution in [0.4, 0.5) is 4.39 Å². The minimum atomic E-state index is -0.699. The maximum absolute atomic E-state index is 13.1. The fourth-order valence-corrected chi connectivity index (χ4v) is 3.57. The van der Waals surface area contributed by atoms with Gasteiger partial charge in [0.05, 0.1) is 22.7 Å². The number of fused-ring (bicyclic) bond motifs is 1. The van der Waals surface area contributed by atoms with Gasteiger partial charge in [0, 0.05) is 6.08 Å². The predicted molar refractivity (Wildman–Crippen MR) is 117 cm³/mol. The van der Waals surface area contributed by atoms with Gasteiger partial charge in [-0.25, -0.2) is 9.18 Å². The smallest absolute Gasteiger partial charge is 0.343 e. The van der Waals surface area contributed by atoms with Crippen LogP contribution in [0.25, 0.3) is 6.08 Å². The Kier molecular flexibility index (Phi) is 5.62. The van der Waals surface area contributed by atoms with Crippen molar-refractivity contribution in [1.82, 2.24) is 5.06 Å². The first-order chi connectivity index (χ1) is 15.3. The van der Waals surface area contributed by atoms with E-state index < -0.39 is 17.7 Å². The number of aliphatic imine (C=N–C) groups is 1. The van der Waals surface area contributed by atoms with Gasteiger partial charge in [0.2, 0.25) is 0 Å². The van der Waals surface area contributed by atoms with Crippen LogP contribution in [0.1, 0.15) is 22.8 Å². The second-order valence-corrected chi connectivity index (χ2v) is 7.61. The molecule has 8 nitrogen and oxygen atoms in total. The molecule has 0 aromatic heterocycles. The monoisotopic (exact) mass is 499 g/mol. The van der Waals surface area contributed by atoms with Crippen molar-refractivity contribution in [2.24, 2.45) is 4.99 Å². The third-order valence-electron chi connectivity index (χ3n) is 4.52. The molecule has 0 aliphatic carbocycles. The number of benzene rings is 2. The number of nitrogens with one attached hydrogen (secondary N) is 1. The van der Waals surface area contributed by atoms with Crippen molar-refractivity contribution >= 4 is 45.6 Å². The number of methoxy groups -OCH3 is 1. The minimum absolute atomic E-state index is 0.0156. The lowest BCUT2D eigenvalue weighted by Crippen LogP contribution is -2.38. The second kappa shape index (κ2) is 8.39. The van der Waals surface area contributed by atoms with Gasteiger partial charge in [-0.05, 0) is 70.9 Å². The van der Waals surface area contributed by atoms with Crippen LogP contribution in [0.2, 0.25) is 0 Å². The van der Waals surface area contributed by atoms with Crippen LogP contribution >= 0.6 is 15.9 Å². The number of allylic oxidation sites excluding steroid dienone is 1. The topological polar surface area (TPSA) is 101 Å². The number of hydrogen-bond acceptors (Lipinski definition) is 6. The van der Waals surface area contributed by atoms with Crippen molar-refractivity contribution in [2.45, 2.75) is 6.92 Å². The third-order valence-corrected chi connectivity index (χ3v) is 5.11. The molecule has 1 amide bonds. The summed E-state index contributed by atoms with van der Waals surface area (Å²) in [5, 5.41) is 9.46. The molecule has 0 saturated carbocycles. The van der Waals surface area contributed by atoms with Crippen molar-refractivity contribution in [3.63, 3.8) is 0 Å². The van der Waals surface area contributed by atoms with Gasteiger partial charge < -0.3 is 14.3 Å². The van der Waals surface area contributed by atoms with E-state index in [4.69, 9.17) is 19.7 Å². The highest BCUT2D eigenvalue weighted by atomic mass is 79.9. The van der Waals surface area contributed by atoms with Gasteiger partial charge in [-0.3, -0.25) is 10.2 Å². The SMILES string of the molecule is COc1cc(/C=C2\C(=N)N3OC(C)=CC3=NC2=O)cc(Br)c1OC(=O)c1ccc(F)cc1. The molecule has 0 saturated heterocycles. The van der Waals surface area contributed by atoms with Gasteiger partial charge in [-0.2, -0.15) is 4.99 Å². The van der Waals surface area contributed by atoms with E-state index in [1.54, 1.807) is 25.1 Å². The molecule has 4 rings (SSSR count). The summed E-state index contributed by atoms with van der Waals surface area (Å²) in [6.45, 7) is 1.69. The van der Waals surface area contributed by atoms with Crippen molar-refractivity contribution in [3.05, 3.63) is 75.2 Å². The lowest BCUT2D eigenvalue weighted by Gasteiger charge is -2.23. The summed E-state index contributed by atoms with van der Waals surface area (Å²) in [4.78, 5) is 34.2. The number of hydroxylamine groups is 2. The number of nitrogens with zero attached hydrogens (tertiary/aromatic N) is 2. The van der Waals surface area contributed by atoms with Crippen LogP contribution < -0.4 is 9.47 Å². The zero-order chi connectivity index (χ0) is 23.0. The van der Waals surface area contributed by atoms with Crippen molar-refractivity contribution in [1.29, 1.82) is 5.41 Å². The van der Waals surface area contributed by atoms with Gasteiger partial charge >= 0.3 is 5.97 Å². The van der Waals surface area contributed by atoms with E-state index in [1.807, 2.05) is 0 Å². The molecular formula is C22H15BrFN3O5. The molecule has 162 valence electrons. The highest BCUT2D eigenvalue weighted by Gasteiger charge is 2.34. The molecule has 2 aliphatic rings. The molecule has 32 heavy (non-hydrogen) atoms. The number of carbonyl (C=O) groups is 2. The number of halogens is 2. The summed E-state index contributed by atoms with van der Waals surface area (Å²) in [5.41, 5.74) is 0.670. The summed E-state index contributed by atoms with van der Waals surface area (Å²) >= 11 is 3.34. The molecule has 1 N–H and O–H groups in total. The number of amides is 1. The number of amidine groups is 2. The van der Waals surface area contributed by atoms with E-state index >= 15 is 0 Å². The highest BCUT2D eigenvalue weighted by molar-refractivity contribution is 9.10. The van der Waals surface area contributed by atoms with Crippen molar-refractivity contribution in [2.75, 3.05) is 7.11 Å². The van der Waals surface area contributed by atoms with Crippen LogP contribution in [-0.4, -0.2) is 35.7 Å². The molecule has 0 radical (unpaired) electrons. The zero-order valence-electron chi connectivity index (χ0n) is 16.8. The molecule has 0 spiro atoms. The molecule has 0 bridgehead atoms. The second-order valence-electron chi connectivity index (χ2n) is 6.75. The Bertz CT molecular complexity index is 1250. The van der Waals surface area contributed by atoms with E-state index in [2.05, 4.69) is 20.9 Å². The molecule has 2 aromatic carbocycles. The molecule has 2 aromatic rings. The molecule has 0 fully saturated rings. The Labute approximate surface area is 190 Å². The van der Waals surface area contributed by atoms with Crippen LogP contribution in [0.3, 0.4) is 0 Å². The van der Waals surface area contributed by atoms with Gasteiger partial charge in [-0.15, -0.1) is 5.06 Å². The molecular weight excluding hydrogens is 485 g/mol. The summed E-state index contributed by atoms with van der Waals surface area (Å²) in [6, 6.07) is 8.06. The Hall–Kier alpha value is -3.79. The summed E-state index contributed by atoms with van der Waals surface area (Å²) in [5.74, 6) is -0.839. The highest BCUT2D eigenvalue weighted by Crippen LogP contribution is 2.38. The lowest BCUT2D eigenvalue weighted by molar-refractivity contribution is -0.114. The first-order valence-electron chi connectivity index (χ1n) is 9.22. The summed E-state index contributed by atoms with van der Waals surface area (Å²) < 4.78 is 24.2. The minimum Gasteiger partial charge on any atom is -0.493 e. The van der Waals surface area contributed by atoms with E-state index in [-0.39, 0.29) is 34.3 Å². The van der Waals surface area contributed by atoms with Crippen LogP contribution in [-0.2, 0) is 9.63 Å². The normalized spacial score (nSPS) is 16.4. The van der Waals surface area contributed by atoms with E-state index in [0.717, 1.165) is 17.2 Å². The summed E-state index contributed by atoms with van der Waals surface area (Å²) in [6.07, 6.45) is 3.02. The van der Waals surface area contributed by atoms with Gasteiger partial charge in [0.25, 0.3) is 5.91 Å². The van der Waals surface area contributed by atoms with Crippen molar-refractivity contribution in [3.8, 4) is 11.5 Å². The fourth-order valence-electron chi connectivity index (χ4n) is 3.03. The van der Waals surface area contributed by atoms with Crippen LogP contribution in [0, 0.1) is 11.2 Å². The molecule has 0 atom stereocenters. The largest absolute Gasteiger partial charge is 0.493 e. The average molecular weight is 500 g/mol. The standard InChI is InChI=1S/C22H15BrFN3O5/c1-11-7-18-26-21(28)15(20(25)27(18)32-11)8-12-9-16(23)19(17(10-12)30-2)31-22(29)13-3-5-14(24)6-4-13/h3-10,25H,1-2H3/b15-8+,25-20?. The number of ether oxygens (including phenoxy) is 2.